The highest BCUT2D eigenvalue weighted by atomic mass is 79.9. The van der Waals surface area contributed by atoms with Gasteiger partial charge in [0.25, 0.3) is 0 Å². The Hall–Kier alpha value is -0.150. The predicted molar refractivity (Wildman–Crippen MR) is 66.2 cm³/mol. The molecule has 0 radical (unpaired) electrons. The van der Waals surface area contributed by atoms with Gasteiger partial charge in [-0.1, -0.05) is 15.9 Å². The molecule has 2 heterocycles. The van der Waals surface area contributed by atoms with Crippen LogP contribution < -0.4 is 5.32 Å². The van der Waals surface area contributed by atoms with E-state index in [1.807, 2.05) is 0 Å². The van der Waals surface area contributed by atoms with Crippen LogP contribution >= 0.6 is 27.7 Å². The van der Waals surface area contributed by atoms with E-state index in [0.717, 1.165) is 5.92 Å². The lowest BCUT2D eigenvalue weighted by atomic mass is 9.95. The molecule has 0 saturated carbocycles. The number of rotatable bonds is 0. The molecule has 1 aromatic carbocycles. The Morgan fingerprint density at radius 3 is 3.29 bits per heavy atom. The number of nitrogens with one attached hydrogen (secondary N) is 1. The molecule has 0 amide bonds. The lowest BCUT2D eigenvalue weighted by molar-refractivity contribution is 0.614. The minimum Gasteiger partial charge on any atom is -0.381 e. The molecule has 1 saturated heterocycles. The third kappa shape index (κ3) is 1.38. The fourth-order valence-corrected chi connectivity index (χ4v) is 4.02. The van der Waals surface area contributed by atoms with Gasteiger partial charge < -0.3 is 5.32 Å². The molecule has 1 N–H and O–H groups in total. The molecule has 2 atom stereocenters. The second kappa shape index (κ2) is 3.46. The molecule has 1 fully saturated rings. The molecule has 3 rings (SSSR count). The highest BCUT2D eigenvalue weighted by Gasteiger charge is 2.33. The Morgan fingerprint density at radius 1 is 1.43 bits per heavy atom. The molecule has 2 unspecified atom stereocenters. The van der Waals surface area contributed by atoms with Crippen molar-refractivity contribution in [2.24, 2.45) is 0 Å². The molecule has 0 bridgehead atoms. The standard InChI is InChI=1S/C11H12BrNS/c12-7-1-2-10-8(5-7)9-6-14-4-3-11(9)13-10/h1-2,5,9,11,13H,3-4,6H2. The highest BCUT2D eigenvalue weighted by molar-refractivity contribution is 9.10. The molecule has 0 aliphatic carbocycles. The molecule has 74 valence electrons. The summed E-state index contributed by atoms with van der Waals surface area (Å²) in [5.41, 5.74) is 2.86. The molecular weight excluding hydrogens is 258 g/mol. The van der Waals surface area contributed by atoms with Crippen LogP contribution in [0.25, 0.3) is 0 Å². The monoisotopic (exact) mass is 269 g/mol. The van der Waals surface area contributed by atoms with Crippen molar-refractivity contribution in [2.75, 3.05) is 16.8 Å². The van der Waals surface area contributed by atoms with Crippen molar-refractivity contribution < 1.29 is 0 Å². The summed E-state index contributed by atoms with van der Waals surface area (Å²) in [6, 6.07) is 7.29. The van der Waals surface area contributed by atoms with Gasteiger partial charge in [0.15, 0.2) is 0 Å². The molecule has 2 aliphatic rings. The summed E-state index contributed by atoms with van der Waals surface area (Å²) in [6.45, 7) is 0. The third-order valence-electron chi connectivity index (χ3n) is 3.11. The molecular formula is C11H12BrNS. The summed E-state index contributed by atoms with van der Waals surface area (Å²) in [6.07, 6.45) is 1.31. The van der Waals surface area contributed by atoms with Gasteiger partial charge in [0, 0.05) is 27.9 Å². The van der Waals surface area contributed by atoms with Crippen molar-refractivity contribution in [1.29, 1.82) is 0 Å². The maximum Gasteiger partial charge on any atom is 0.0379 e. The van der Waals surface area contributed by atoms with E-state index < -0.39 is 0 Å². The van der Waals surface area contributed by atoms with Crippen molar-refractivity contribution in [3.8, 4) is 0 Å². The lowest BCUT2D eigenvalue weighted by Crippen LogP contribution is -2.26. The number of hydrogen-bond donors (Lipinski definition) is 1. The van der Waals surface area contributed by atoms with E-state index in [1.54, 1.807) is 0 Å². The lowest BCUT2D eigenvalue weighted by Gasteiger charge is -2.24. The molecule has 0 aromatic heterocycles. The van der Waals surface area contributed by atoms with Crippen LogP contribution in [0.3, 0.4) is 0 Å². The van der Waals surface area contributed by atoms with Gasteiger partial charge in [-0.25, -0.2) is 0 Å². The van der Waals surface area contributed by atoms with Crippen molar-refractivity contribution in [3.05, 3.63) is 28.2 Å². The normalized spacial score (nSPS) is 29.2. The number of halogens is 1. The van der Waals surface area contributed by atoms with Crippen molar-refractivity contribution >= 4 is 33.4 Å². The first-order chi connectivity index (χ1) is 6.84. The van der Waals surface area contributed by atoms with Crippen LogP contribution in [-0.4, -0.2) is 17.5 Å². The largest absolute Gasteiger partial charge is 0.381 e. The Kier molecular flexibility index (Phi) is 2.25. The van der Waals surface area contributed by atoms with Gasteiger partial charge in [0.05, 0.1) is 0 Å². The molecule has 1 nitrogen and oxygen atoms in total. The number of hydrogen-bond acceptors (Lipinski definition) is 2. The van der Waals surface area contributed by atoms with Crippen LogP contribution in [0.1, 0.15) is 17.9 Å². The third-order valence-corrected chi connectivity index (χ3v) is 4.72. The molecule has 2 aliphatic heterocycles. The summed E-state index contributed by atoms with van der Waals surface area (Å²) in [4.78, 5) is 0. The molecule has 0 spiro atoms. The highest BCUT2D eigenvalue weighted by Crippen LogP contribution is 2.43. The van der Waals surface area contributed by atoms with Gasteiger partial charge in [-0.3, -0.25) is 0 Å². The Balaban J connectivity index is 2.02. The van der Waals surface area contributed by atoms with E-state index in [4.69, 9.17) is 0 Å². The van der Waals surface area contributed by atoms with Crippen molar-refractivity contribution in [1.82, 2.24) is 0 Å². The minimum absolute atomic E-state index is 0.695. The van der Waals surface area contributed by atoms with E-state index in [2.05, 4.69) is 51.2 Å². The number of benzene rings is 1. The quantitative estimate of drug-likeness (QED) is 0.774. The van der Waals surface area contributed by atoms with Crippen LogP contribution in [0, 0.1) is 0 Å². The average Bonchev–Trinajstić information content (AvgIpc) is 2.56. The van der Waals surface area contributed by atoms with Crippen LogP contribution in [0.15, 0.2) is 22.7 Å². The predicted octanol–water partition coefficient (Wildman–Crippen LogP) is 3.46. The van der Waals surface area contributed by atoms with Crippen molar-refractivity contribution in [2.45, 2.75) is 18.4 Å². The van der Waals surface area contributed by atoms with Gasteiger partial charge in [0.1, 0.15) is 0 Å². The zero-order valence-corrected chi connectivity index (χ0v) is 10.2. The van der Waals surface area contributed by atoms with Gasteiger partial charge in [-0.15, -0.1) is 0 Å². The first-order valence-corrected chi connectivity index (χ1v) is 6.93. The van der Waals surface area contributed by atoms with Crippen LogP contribution in [0.4, 0.5) is 5.69 Å². The van der Waals surface area contributed by atoms with E-state index in [1.165, 1.54) is 33.7 Å². The maximum absolute atomic E-state index is 3.63. The van der Waals surface area contributed by atoms with Gasteiger partial charge in [-0.2, -0.15) is 11.8 Å². The summed E-state index contributed by atoms with van der Waals surface area (Å²) in [7, 11) is 0. The van der Waals surface area contributed by atoms with Crippen LogP contribution in [0.5, 0.6) is 0 Å². The average molecular weight is 270 g/mol. The number of anilines is 1. The fourth-order valence-electron chi connectivity index (χ4n) is 2.39. The SMILES string of the molecule is Brc1ccc2c(c1)C1CSCCC1N2. The maximum atomic E-state index is 3.63. The van der Waals surface area contributed by atoms with E-state index >= 15 is 0 Å². The van der Waals surface area contributed by atoms with Crippen LogP contribution in [0.2, 0.25) is 0 Å². The number of fused-ring (bicyclic) bond motifs is 3. The Labute approximate surface area is 96.8 Å². The second-order valence-corrected chi connectivity index (χ2v) is 6.02. The van der Waals surface area contributed by atoms with Gasteiger partial charge in [-0.05, 0) is 35.9 Å². The summed E-state index contributed by atoms with van der Waals surface area (Å²) in [5.74, 6) is 3.33. The first-order valence-electron chi connectivity index (χ1n) is 4.98. The Bertz CT molecular complexity index is 366. The minimum atomic E-state index is 0.695. The molecule has 3 heteroatoms. The van der Waals surface area contributed by atoms with Gasteiger partial charge in [0.2, 0.25) is 0 Å². The van der Waals surface area contributed by atoms with Gasteiger partial charge >= 0.3 is 0 Å². The zero-order chi connectivity index (χ0) is 9.54. The van der Waals surface area contributed by atoms with Crippen molar-refractivity contribution in [3.63, 3.8) is 0 Å². The smallest absolute Gasteiger partial charge is 0.0379 e. The number of thioether (sulfide) groups is 1. The van der Waals surface area contributed by atoms with E-state index in [-0.39, 0.29) is 0 Å². The summed E-state index contributed by atoms with van der Waals surface area (Å²) >= 11 is 5.63. The zero-order valence-electron chi connectivity index (χ0n) is 7.79. The molecule has 14 heavy (non-hydrogen) atoms. The molecule has 1 aromatic rings. The van der Waals surface area contributed by atoms with E-state index in [9.17, 15) is 0 Å². The topological polar surface area (TPSA) is 12.0 Å². The first kappa shape index (κ1) is 9.10. The Morgan fingerprint density at radius 2 is 2.36 bits per heavy atom. The summed E-state index contributed by atoms with van der Waals surface area (Å²) in [5, 5.41) is 3.63. The summed E-state index contributed by atoms with van der Waals surface area (Å²) < 4.78 is 1.20. The fraction of sp³-hybridized carbons (Fsp3) is 0.455. The second-order valence-electron chi connectivity index (χ2n) is 3.95. The van der Waals surface area contributed by atoms with E-state index in [0.29, 0.717) is 6.04 Å². The van der Waals surface area contributed by atoms with Crippen LogP contribution in [-0.2, 0) is 0 Å².